The van der Waals surface area contributed by atoms with Gasteiger partial charge in [-0.05, 0) is 65.6 Å². The highest BCUT2D eigenvalue weighted by Gasteiger charge is 2.13. The van der Waals surface area contributed by atoms with E-state index in [1.54, 1.807) is 36.5 Å². The highest BCUT2D eigenvalue weighted by molar-refractivity contribution is 6.31. The summed E-state index contributed by atoms with van der Waals surface area (Å²) in [5.74, 6) is -0.794. The maximum Gasteiger partial charge on any atom is 0.251 e. The summed E-state index contributed by atoms with van der Waals surface area (Å²) >= 11 is 6.10. The molecular formula is C29H24ClN5O3. The van der Waals surface area contributed by atoms with Crippen LogP contribution in [0.1, 0.15) is 43.1 Å². The van der Waals surface area contributed by atoms with Crippen LogP contribution in [0, 0.1) is 0 Å². The maximum absolute atomic E-state index is 12.9. The number of aromatic amines is 1. The summed E-state index contributed by atoms with van der Waals surface area (Å²) in [6.07, 6.45) is 2.16. The van der Waals surface area contributed by atoms with E-state index in [1.165, 1.54) is 10.6 Å². The second kappa shape index (κ2) is 10.7. The SMILES string of the molecule is NC(=O)c1cc(Cc2cccc(C(=O)NCc3n[nH]c4ccc(Cl)cc34)c2)ccc1Cn1ccccc1=O. The van der Waals surface area contributed by atoms with E-state index < -0.39 is 5.91 Å². The van der Waals surface area contributed by atoms with Crippen molar-refractivity contribution in [3.8, 4) is 0 Å². The summed E-state index contributed by atoms with van der Waals surface area (Å²) in [4.78, 5) is 37.1. The summed E-state index contributed by atoms with van der Waals surface area (Å²) in [6.45, 7) is 0.489. The van der Waals surface area contributed by atoms with Crippen molar-refractivity contribution >= 4 is 34.3 Å². The number of H-pyrrole nitrogens is 1. The van der Waals surface area contributed by atoms with Crippen molar-refractivity contribution in [2.75, 3.05) is 0 Å². The Morgan fingerprint density at radius 3 is 2.63 bits per heavy atom. The van der Waals surface area contributed by atoms with Crippen LogP contribution in [-0.4, -0.2) is 26.6 Å². The fourth-order valence-electron chi connectivity index (χ4n) is 4.38. The third-order valence-electron chi connectivity index (χ3n) is 6.30. The number of nitrogens with one attached hydrogen (secondary N) is 2. The second-order valence-corrected chi connectivity index (χ2v) is 9.38. The van der Waals surface area contributed by atoms with Crippen LogP contribution in [0.15, 0.2) is 89.9 Å². The number of nitrogens with two attached hydrogens (primary N) is 1. The highest BCUT2D eigenvalue weighted by atomic mass is 35.5. The Kier molecular flexibility index (Phi) is 7.06. The first-order chi connectivity index (χ1) is 18.4. The molecule has 3 aromatic carbocycles. The molecular weight excluding hydrogens is 502 g/mol. The van der Waals surface area contributed by atoms with Crippen molar-refractivity contribution in [3.05, 3.63) is 134 Å². The van der Waals surface area contributed by atoms with E-state index in [2.05, 4.69) is 15.5 Å². The van der Waals surface area contributed by atoms with Crippen LogP contribution in [0.2, 0.25) is 5.02 Å². The van der Waals surface area contributed by atoms with Gasteiger partial charge in [0.15, 0.2) is 0 Å². The number of halogens is 1. The molecule has 0 saturated heterocycles. The van der Waals surface area contributed by atoms with E-state index in [-0.39, 0.29) is 24.6 Å². The van der Waals surface area contributed by atoms with E-state index in [1.807, 2.05) is 42.5 Å². The minimum Gasteiger partial charge on any atom is -0.366 e. The average Bonchev–Trinajstić information content (AvgIpc) is 3.31. The first-order valence-electron chi connectivity index (χ1n) is 11.9. The van der Waals surface area contributed by atoms with E-state index in [9.17, 15) is 14.4 Å². The summed E-state index contributed by atoms with van der Waals surface area (Å²) in [6, 6.07) is 23.1. The number of hydrogen-bond donors (Lipinski definition) is 3. The van der Waals surface area contributed by atoms with E-state index in [4.69, 9.17) is 17.3 Å². The van der Waals surface area contributed by atoms with Gasteiger partial charge >= 0.3 is 0 Å². The Morgan fingerprint density at radius 1 is 0.974 bits per heavy atom. The van der Waals surface area contributed by atoms with Crippen molar-refractivity contribution in [2.24, 2.45) is 5.73 Å². The topological polar surface area (TPSA) is 123 Å². The molecule has 0 aliphatic rings. The smallest absolute Gasteiger partial charge is 0.251 e. The zero-order valence-electron chi connectivity index (χ0n) is 20.3. The third kappa shape index (κ3) is 5.50. The van der Waals surface area contributed by atoms with Gasteiger partial charge in [0, 0.05) is 33.8 Å². The van der Waals surface area contributed by atoms with Gasteiger partial charge in [0.25, 0.3) is 11.5 Å². The second-order valence-electron chi connectivity index (χ2n) is 8.94. The van der Waals surface area contributed by atoms with Gasteiger partial charge in [-0.1, -0.05) is 41.9 Å². The standard InChI is InChI=1S/C29H24ClN5O3/c30-22-9-10-25-24(15-22)26(34-33-25)16-32-29(38)20-5-3-4-18(13-20)12-19-7-8-21(23(14-19)28(31)37)17-35-11-2-1-6-27(35)36/h1-11,13-15H,12,16-17H2,(H2,31,37)(H,32,38)(H,33,34). The fourth-order valence-corrected chi connectivity index (χ4v) is 4.55. The van der Waals surface area contributed by atoms with Crippen molar-refractivity contribution in [2.45, 2.75) is 19.5 Å². The van der Waals surface area contributed by atoms with E-state index in [0.29, 0.717) is 33.8 Å². The average molecular weight is 526 g/mol. The van der Waals surface area contributed by atoms with Crippen molar-refractivity contribution in [1.29, 1.82) is 0 Å². The van der Waals surface area contributed by atoms with Crippen molar-refractivity contribution < 1.29 is 9.59 Å². The molecule has 0 radical (unpaired) electrons. The van der Waals surface area contributed by atoms with Crippen LogP contribution < -0.4 is 16.6 Å². The van der Waals surface area contributed by atoms with Gasteiger partial charge in [0.05, 0.1) is 24.3 Å². The molecule has 0 atom stereocenters. The Hall–Kier alpha value is -4.69. The number of fused-ring (bicyclic) bond motifs is 1. The molecule has 0 aliphatic carbocycles. The highest BCUT2D eigenvalue weighted by Crippen LogP contribution is 2.21. The molecule has 5 rings (SSSR count). The van der Waals surface area contributed by atoms with Crippen LogP contribution in [0.3, 0.4) is 0 Å². The zero-order valence-corrected chi connectivity index (χ0v) is 21.0. The number of nitrogens with zero attached hydrogens (tertiary/aromatic N) is 2. The molecule has 9 heteroatoms. The lowest BCUT2D eigenvalue weighted by atomic mass is 9.97. The lowest BCUT2D eigenvalue weighted by molar-refractivity contribution is 0.0949. The van der Waals surface area contributed by atoms with Gasteiger partial charge in [-0.15, -0.1) is 0 Å². The number of aromatic nitrogens is 3. The Bertz CT molecular complexity index is 1720. The molecule has 38 heavy (non-hydrogen) atoms. The summed E-state index contributed by atoms with van der Waals surface area (Å²) in [5.41, 5.74) is 10.3. The molecule has 0 fully saturated rings. The summed E-state index contributed by atoms with van der Waals surface area (Å²) < 4.78 is 1.52. The quantitative estimate of drug-likeness (QED) is 0.283. The predicted molar refractivity (Wildman–Crippen MR) is 146 cm³/mol. The molecule has 190 valence electrons. The van der Waals surface area contributed by atoms with Crippen LogP contribution in [0.5, 0.6) is 0 Å². The third-order valence-corrected chi connectivity index (χ3v) is 6.53. The van der Waals surface area contributed by atoms with Crippen molar-refractivity contribution in [1.82, 2.24) is 20.1 Å². The van der Waals surface area contributed by atoms with Crippen LogP contribution >= 0.6 is 11.6 Å². The monoisotopic (exact) mass is 525 g/mol. The molecule has 0 spiro atoms. The normalized spacial score (nSPS) is 11.0. The summed E-state index contributed by atoms with van der Waals surface area (Å²) in [7, 11) is 0. The molecule has 0 bridgehead atoms. The number of amides is 2. The predicted octanol–water partition coefficient (Wildman–Crippen LogP) is 4.05. The van der Waals surface area contributed by atoms with Gasteiger partial charge in [-0.3, -0.25) is 19.5 Å². The van der Waals surface area contributed by atoms with Crippen LogP contribution in [0.4, 0.5) is 0 Å². The zero-order chi connectivity index (χ0) is 26.6. The molecule has 0 unspecified atom stereocenters. The molecule has 4 N–H and O–H groups in total. The van der Waals surface area contributed by atoms with E-state index >= 15 is 0 Å². The number of carbonyl (C=O) groups excluding carboxylic acids is 2. The Labute approximate surface area is 223 Å². The Balaban J connectivity index is 1.30. The number of rotatable bonds is 8. The maximum atomic E-state index is 12.9. The number of carbonyl (C=O) groups is 2. The molecule has 2 heterocycles. The number of benzene rings is 3. The molecule has 8 nitrogen and oxygen atoms in total. The van der Waals surface area contributed by atoms with Gasteiger partial charge in [0.2, 0.25) is 5.91 Å². The first-order valence-corrected chi connectivity index (χ1v) is 12.3. The van der Waals surface area contributed by atoms with Gasteiger partial charge in [-0.2, -0.15) is 5.10 Å². The van der Waals surface area contributed by atoms with Gasteiger partial charge < -0.3 is 15.6 Å². The van der Waals surface area contributed by atoms with Gasteiger partial charge in [0.1, 0.15) is 0 Å². The van der Waals surface area contributed by atoms with Gasteiger partial charge in [-0.25, -0.2) is 0 Å². The molecule has 2 amide bonds. The van der Waals surface area contributed by atoms with Crippen LogP contribution in [-0.2, 0) is 19.5 Å². The minimum absolute atomic E-state index is 0.161. The number of primary amides is 1. The fraction of sp³-hybridized carbons (Fsp3) is 0.103. The minimum atomic E-state index is -0.564. The lowest BCUT2D eigenvalue weighted by Gasteiger charge is -2.12. The lowest BCUT2D eigenvalue weighted by Crippen LogP contribution is -2.23. The summed E-state index contributed by atoms with van der Waals surface area (Å²) in [5, 5.41) is 11.6. The largest absolute Gasteiger partial charge is 0.366 e. The Morgan fingerprint density at radius 2 is 1.82 bits per heavy atom. The number of hydrogen-bond acceptors (Lipinski definition) is 4. The van der Waals surface area contributed by atoms with E-state index in [0.717, 1.165) is 22.0 Å². The first kappa shape index (κ1) is 25.0. The van der Waals surface area contributed by atoms with Crippen molar-refractivity contribution in [3.63, 3.8) is 0 Å². The van der Waals surface area contributed by atoms with Crippen LogP contribution in [0.25, 0.3) is 10.9 Å². The number of pyridine rings is 1. The molecule has 5 aromatic rings. The molecule has 0 saturated carbocycles. The molecule has 2 aromatic heterocycles. The molecule has 0 aliphatic heterocycles.